The van der Waals surface area contributed by atoms with Crippen molar-refractivity contribution >= 4 is 11.8 Å². The van der Waals surface area contributed by atoms with Gasteiger partial charge < -0.3 is 19.7 Å². The van der Waals surface area contributed by atoms with Crippen molar-refractivity contribution in [1.82, 2.24) is 15.1 Å². The Morgan fingerprint density at radius 3 is 2.64 bits per heavy atom. The van der Waals surface area contributed by atoms with Crippen molar-refractivity contribution in [1.29, 1.82) is 0 Å². The van der Waals surface area contributed by atoms with Crippen LogP contribution in [0, 0.1) is 0 Å². The molecule has 2 aliphatic rings. The van der Waals surface area contributed by atoms with Gasteiger partial charge in [0.2, 0.25) is 5.91 Å². The van der Waals surface area contributed by atoms with Gasteiger partial charge in [-0.2, -0.15) is 0 Å². The fraction of sp³-hybridized carbons (Fsp3) is 0.889. The first-order valence-electron chi connectivity index (χ1n) is 9.61. The van der Waals surface area contributed by atoms with E-state index in [0.717, 1.165) is 45.5 Å². The second kappa shape index (κ2) is 10.7. The number of piperazine rings is 1. The minimum atomic E-state index is -0.440. The van der Waals surface area contributed by atoms with Crippen molar-refractivity contribution in [3.63, 3.8) is 0 Å². The Bertz CT molecular complexity index is 419. The van der Waals surface area contributed by atoms with E-state index < -0.39 is 6.10 Å². The zero-order valence-corrected chi connectivity index (χ0v) is 15.7. The van der Waals surface area contributed by atoms with Crippen LogP contribution in [0.2, 0.25) is 0 Å². The molecule has 1 N–H and O–H groups in total. The Labute approximate surface area is 151 Å². The summed E-state index contributed by atoms with van der Waals surface area (Å²) in [5.74, 6) is 0.0942. The lowest BCUT2D eigenvalue weighted by molar-refractivity contribution is -0.147. The topological polar surface area (TPSA) is 71.1 Å². The fourth-order valence-corrected chi connectivity index (χ4v) is 3.17. The Balaban J connectivity index is 1.64. The third-order valence-corrected chi connectivity index (χ3v) is 4.78. The molecule has 0 aliphatic carbocycles. The molecule has 2 aliphatic heterocycles. The number of rotatable bonds is 8. The first-order valence-corrected chi connectivity index (χ1v) is 9.61. The van der Waals surface area contributed by atoms with E-state index in [-0.39, 0.29) is 17.9 Å². The van der Waals surface area contributed by atoms with E-state index in [0.29, 0.717) is 26.2 Å². The Morgan fingerprint density at radius 1 is 1.24 bits per heavy atom. The predicted octanol–water partition coefficient (Wildman–Crippen LogP) is 0.631. The highest BCUT2D eigenvalue weighted by atomic mass is 16.5. The van der Waals surface area contributed by atoms with Crippen LogP contribution in [0.15, 0.2) is 0 Å². The lowest BCUT2D eigenvalue weighted by Gasteiger charge is -2.35. The summed E-state index contributed by atoms with van der Waals surface area (Å²) in [6, 6.07) is 0. The minimum Gasteiger partial charge on any atom is -0.376 e. The van der Waals surface area contributed by atoms with Gasteiger partial charge >= 0.3 is 0 Å². The van der Waals surface area contributed by atoms with Gasteiger partial charge in [-0.15, -0.1) is 0 Å². The average molecular weight is 355 g/mol. The van der Waals surface area contributed by atoms with Crippen LogP contribution < -0.4 is 5.32 Å². The summed E-state index contributed by atoms with van der Waals surface area (Å²) in [4.78, 5) is 28.2. The van der Waals surface area contributed by atoms with Crippen LogP contribution in [0.1, 0.15) is 39.5 Å². The van der Waals surface area contributed by atoms with Gasteiger partial charge in [0.25, 0.3) is 5.91 Å². The smallest absolute Gasteiger partial charge is 0.251 e. The van der Waals surface area contributed by atoms with Crippen LogP contribution in [-0.2, 0) is 19.1 Å². The fourth-order valence-electron chi connectivity index (χ4n) is 3.17. The van der Waals surface area contributed by atoms with Crippen LogP contribution in [0.5, 0.6) is 0 Å². The monoisotopic (exact) mass is 355 g/mol. The van der Waals surface area contributed by atoms with Crippen molar-refractivity contribution in [3.05, 3.63) is 0 Å². The molecule has 7 heteroatoms. The Kier molecular flexibility index (Phi) is 8.64. The van der Waals surface area contributed by atoms with E-state index in [1.165, 1.54) is 6.42 Å². The molecular weight excluding hydrogens is 322 g/mol. The van der Waals surface area contributed by atoms with Crippen molar-refractivity contribution in [2.24, 2.45) is 0 Å². The van der Waals surface area contributed by atoms with Crippen molar-refractivity contribution in [2.45, 2.75) is 51.7 Å². The maximum Gasteiger partial charge on any atom is 0.251 e. The van der Waals surface area contributed by atoms with Gasteiger partial charge in [-0.25, -0.2) is 0 Å². The quantitative estimate of drug-likeness (QED) is 0.692. The Morgan fingerprint density at radius 2 is 2.00 bits per heavy atom. The van der Waals surface area contributed by atoms with Crippen LogP contribution in [-0.4, -0.2) is 86.3 Å². The lowest BCUT2D eigenvalue weighted by atomic mass is 10.1. The van der Waals surface area contributed by atoms with E-state index in [2.05, 4.69) is 10.2 Å². The summed E-state index contributed by atoms with van der Waals surface area (Å²) in [7, 11) is 0. The highest BCUT2D eigenvalue weighted by molar-refractivity contribution is 5.81. The highest BCUT2D eigenvalue weighted by Crippen LogP contribution is 2.14. The van der Waals surface area contributed by atoms with Gasteiger partial charge in [0.15, 0.2) is 0 Å². The molecule has 7 nitrogen and oxygen atoms in total. The normalized spacial score (nSPS) is 23.3. The summed E-state index contributed by atoms with van der Waals surface area (Å²) < 4.78 is 11.4. The standard InChI is InChI=1S/C18H33N3O4/c1-3-7-19-17(22)13-20-8-10-21(11-9-20)18(23)15(2)25-14-16-6-4-5-12-24-16/h15-16H,3-14H2,1-2H3,(H,19,22). The van der Waals surface area contributed by atoms with Crippen molar-refractivity contribution in [3.8, 4) is 0 Å². The molecule has 0 aromatic carbocycles. The molecule has 0 aromatic heterocycles. The van der Waals surface area contributed by atoms with Gasteiger partial charge in [-0.3, -0.25) is 14.5 Å². The molecule has 0 bridgehead atoms. The summed E-state index contributed by atoms with van der Waals surface area (Å²) in [6.07, 6.45) is 3.93. The van der Waals surface area contributed by atoms with Crippen molar-refractivity contribution < 1.29 is 19.1 Å². The SMILES string of the molecule is CCCNC(=O)CN1CCN(C(=O)C(C)OCC2CCCCO2)CC1. The number of carbonyl (C=O) groups excluding carboxylic acids is 2. The third-order valence-electron chi connectivity index (χ3n) is 4.78. The van der Waals surface area contributed by atoms with Crippen LogP contribution in [0.3, 0.4) is 0 Å². The van der Waals surface area contributed by atoms with Gasteiger partial charge in [0, 0.05) is 39.3 Å². The lowest BCUT2D eigenvalue weighted by Crippen LogP contribution is -2.53. The van der Waals surface area contributed by atoms with E-state index in [9.17, 15) is 9.59 Å². The average Bonchev–Trinajstić information content (AvgIpc) is 2.65. The summed E-state index contributed by atoms with van der Waals surface area (Å²) in [6.45, 7) is 9.01. The van der Waals surface area contributed by atoms with Crippen LogP contribution in [0.4, 0.5) is 0 Å². The number of nitrogens with zero attached hydrogens (tertiary/aromatic N) is 2. The molecule has 2 rings (SSSR count). The highest BCUT2D eigenvalue weighted by Gasteiger charge is 2.27. The molecule has 2 unspecified atom stereocenters. The molecule has 2 fully saturated rings. The number of amides is 2. The minimum absolute atomic E-state index is 0.0332. The second-order valence-electron chi connectivity index (χ2n) is 6.92. The largest absolute Gasteiger partial charge is 0.376 e. The predicted molar refractivity (Wildman–Crippen MR) is 95.3 cm³/mol. The molecule has 0 spiro atoms. The molecule has 2 saturated heterocycles. The number of ether oxygens (including phenoxy) is 2. The molecule has 2 amide bonds. The first kappa shape index (κ1) is 20.1. The second-order valence-corrected chi connectivity index (χ2v) is 6.92. The summed E-state index contributed by atoms with van der Waals surface area (Å²) >= 11 is 0. The van der Waals surface area contributed by atoms with Gasteiger partial charge in [-0.1, -0.05) is 6.92 Å². The number of hydrogen-bond donors (Lipinski definition) is 1. The third kappa shape index (κ3) is 6.92. The van der Waals surface area contributed by atoms with E-state index in [1.54, 1.807) is 0 Å². The molecule has 2 atom stereocenters. The van der Waals surface area contributed by atoms with Crippen molar-refractivity contribution in [2.75, 3.05) is 52.5 Å². The van der Waals surface area contributed by atoms with E-state index in [1.807, 2.05) is 18.7 Å². The molecule has 0 saturated carbocycles. The summed E-state index contributed by atoms with van der Waals surface area (Å²) in [5, 5.41) is 2.89. The zero-order chi connectivity index (χ0) is 18.1. The molecular formula is C18H33N3O4. The maximum atomic E-state index is 12.5. The number of nitrogens with one attached hydrogen (secondary N) is 1. The van der Waals surface area contributed by atoms with Gasteiger partial charge in [0.05, 0.1) is 19.3 Å². The molecule has 144 valence electrons. The van der Waals surface area contributed by atoms with Gasteiger partial charge in [0.1, 0.15) is 6.10 Å². The van der Waals surface area contributed by atoms with E-state index >= 15 is 0 Å². The molecule has 2 heterocycles. The Hall–Kier alpha value is -1.18. The van der Waals surface area contributed by atoms with Gasteiger partial charge in [-0.05, 0) is 32.6 Å². The van der Waals surface area contributed by atoms with Crippen LogP contribution >= 0.6 is 0 Å². The molecule has 0 radical (unpaired) electrons. The molecule has 0 aromatic rings. The first-order chi connectivity index (χ1) is 12.1. The van der Waals surface area contributed by atoms with Crippen LogP contribution in [0.25, 0.3) is 0 Å². The molecule has 25 heavy (non-hydrogen) atoms. The number of hydrogen-bond acceptors (Lipinski definition) is 5. The van der Waals surface area contributed by atoms with E-state index in [4.69, 9.17) is 9.47 Å². The maximum absolute atomic E-state index is 12.5. The zero-order valence-electron chi connectivity index (χ0n) is 15.7. The number of carbonyl (C=O) groups is 2. The summed E-state index contributed by atoms with van der Waals surface area (Å²) in [5.41, 5.74) is 0.